The van der Waals surface area contributed by atoms with Crippen LogP contribution in [0, 0.1) is 0 Å². The summed E-state index contributed by atoms with van der Waals surface area (Å²) in [6, 6.07) is 7.55. The van der Waals surface area contributed by atoms with E-state index in [0.717, 1.165) is 0 Å². The van der Waals surface area contributed by atoms with E-state index < -0.39 is 0 Å². The molecule has 0 radical (unpaired) electrons. The predicted molar refractivity (Wildman–Crippen MR) is 34.4 cm³/mol. The number of aromatic hydroxyl groups is 1. The molecule has 0 unspecified atom stereocenters. The van der Waals surface area contributed by atoms with Crippen molar-refractivity contribution in [1.29, 1.82) is 0 Å². The molecule has 0 aromatic heterocycles. The van der Waals surface area contributed by atoms with Crippen LogP contribution in [0.15, 0.2) is 35.1 Å². The fraction of sp³-hybridized carbons (Fsp3) is 0. The molecule has 1 rings (SSSR count). The Morgan fingerprint density at radius 3 is 2.40 bits per heavy atom. The zero-order valence-corrected chi connectivity index (χ0v) is 5.99. The molecular formula is C7H6CuO2+. The van der Waals surface area contributed by atoms with Gasteiger partial charge in [0.25, 0.3) is 0 Å². The Morgan fingerprint density at radius 2 is 1.70 bits per heavy atom. The second kappa shape index (κ2) is 4.09. The largest absolute Gasteiger partial charge is 1.00 e. The first-order valence-corrected chi connectivity index (χ1v) is 2.59. The molecule has 3 heteroatoms. The van der Waals surface area contributed by atoms with E-state index in [1.54, 1.807) is 18.2 Å². The van der Waals surface area contributed by atoms with E-state index in [2.05, 4.69) is 0 Å². The van der Waals surface area contributed by atoms with Crippen molar-refractivity contribution in [3.8, 4) is 5.75 Å². The summed E-state index contributed by atoms with van der Waals surface area (Å²) in [6.45, 7) is 0. The minimum atomic E-state index is -0.347. The molecule has 0 bridgehead atoms. The van der Waals surface area contributed by atoms with E-state index in [-0.39, 0.29) is 28.2 Å². The van der Waals surface area contributed by atoms with Gasteiger partial charge in [-0.15, -0.1) is 0 Å². The van der Waals surface area contributed by atoms with Gasteiger partial charge in [0.1, 0.15) is 0 Å². The summed E-state index contributed by atoms with van der Waals surface area (Å²) in [5, 5.41) is 8.77. The van der Waals surface area contributed by atoms with Crippen LogP contribution in [0.1, 0.15) is 0 Å². The third-order valence-corrected chi connectivity index (χ3v) is 0.976. The van der Waals surface area contributed by atoms with Crippen LogP contribution >= 0.6 is 0 Å². The maximum atomic E-state index is 10.6. The van der Waals surface area contributed by atoms with Gasteiger partial charge in [-0.1, -0.05) is 18.2 Å². The van der Waals surface area contributed by atoms with Gasteiger partial charge in [0.15, 0.2) is 5.75 Å². The molecule has 0 spiro atoms. The van der Waals surface area contributed by atoms with Crippen LogP contribution in [-0.2, 0) is 17.1 Å². The second-order valence-electron chi connectivity index (χ2n) is 1.66. The van der Waals surface area contributed by atoms with E-state index in [0.29, 0.717) is 0 Å². The first-order chi connectivity index (χ1) is 4.30. The summed E-state index contributed by atoms with van der Waals surface area (Å²) in [5.41, 5.74) is -0.347. The molecule has 0 aliphatic rings. The smallest absolute Gasteiger partial charge is 0.504 e. The van der Waals surface area contributed by atoms with Gasteiger partial charge in [-0.25, -0.2) is 0 Å². The van der Waals surface area contributed by atoms with Crippen LogP contribution in [0.4, 0.5) is 0 Å². The molecule has 0 fully saturated rings. The molecule has 0 atom stereocenters. The van der Waals surface area contributed by atoms with Gasteiger partial charge in [-0.3, -0.25) is 4.79 Å². The van der Waals surface area contributed by atoms with Crippen molar-refractivity contribution in [1.82, 2.24) is 0 Å². The van der Waals surface area contributed by atoms with Gasteiger partial charge >= 0.3 is 17.1 Å². The molecule has 0 heterocycles. The van der Waals surface area contributed by atoms with Gasteiger partial charge in [0, 0.05) is 0 Å². The summed E-state index contributed by atoms with van der Waals surface area (Å²) in [7, 11) is 0. The number of hydrogen-bond acceptors (Lipinski definition) is 2. The van der Waals surface area contributed by atoms with E-state index in [4.69, 9.17) is 5.11 Å². The minimum absolute atomic E-state index is 0. The van der Waals surface area contributed by atoms with Crippen molar-refractivity contribution in [2.45, 2.75) is 0 Å². The average molecular weight is 186 g/mol. The topological polar surface area (TPSA) is 37.3 Å². The first-order valence-electron chi connectivity index (χ1n) is 2.59. The molecule has 1 aromatic rings. The molecule has 10 heavy (non-hydrogen) atoms. The molecule has 0 aliphatic carbocycles. The van der Waals surface area contributed by atoms with Gasteiger partial charge in [0.05, 0.1) is 0 Å². The Morgan fingerprint density at radius 1 is 1.10 bits per heavy atom. The van der Waals surface area contributed by atoms with Crippen molar-refractivity contribution >= 4 is 0 Å². The molecule has 0 aliphatic heterocycles. The van der Waals surface area contributed by atoms with Crippen LogP contribution in [0.3, 0.4) is 0 Å². The second-order valence-corrected chi connectivity index (χ2v) is 1.66. The molecule has 0 amide bonds. The molecule has 0 saturated heterocycles. The van der Waals surface area contributed by atoms with Crippen molar-refractivity contribution in [2.75, 3.05) is 0 Å². The van der Waals surface area contributed by atoms with Crippen LogP contribution in [0.25, 0.3) is 0 Å². The van der Waals surface area contributed by atoms with E-state index >= 15 is 0 Å². The summed E-state index contributed by atoms with van der Waals surface area (Å²) >= 11 is 0. The quantitative estimate of drug-likeness (QED) is 0.606. The molecule has 1 N–H and O–H groups in total. The third-order valence-electron chi connectivity index (χ3n) is 0.976. The summed E-state index contributed by atoms with van der Waals surface area (Å²) < 4.78 is 0. The molecule has 2 nitrogen and oxygen atoms in total. The van der Waals surface area contributed by atoms with Crippen LogP contribution in [0.5, 0.6) is 5.75 Å². The van der Waals surface area contributed by atoms with Gasteiger partial charge in [0.2, 0.25) is 5.43 Å². The zero-order valence-electron chi connectivity index (χ0n) is 5.04. The van der Waals surface area contributed by atoms with Crippen LogP contribution in [-0.4, -0.2) is 5.11 Å². The number of hydrogen-bond donors (Lipinski definition) is 1. The molecular weight excluding hydrogens is 180 g/mol. The number of rotatable bonds is 0. The van der Waals surface area contributed by atoms with E-state index in [9.17, 15) is 4.79 Å². The van der Waals surface area contributed by atoms with E-state index in [1.807, 2.05) is 0 Å². The Kier molecular flexibility index (Phi) is 3.77. The van der Waals surface area contributed by atoms with Crippen LogP contribution in [0.2, 0.25) is 0 Å². The molecule has 0 saturated carbocycles. The summed E-state index contributed by atoms with van der Waals surface area (Å²) in [5.74, 6) is -0.208. The fourth-order valence-electron chi connectivity index (χ4n) is 0.521. The SMILES string of the molecule is O=c1cccccc1O.[Cu+]. The van der Waals surface area contributed by atoms with Gasteiger partial charge < -0.3 is 5.11 Å². The predicted octanol–water partition coefficient (Wildman–Crippen LogP) is 0.750. The summed E-state index contributed by atoms with van der Waals surface area (Å²) in [4.78, 5) is 10.6. The van der Waals surface area contributed by atoms with Crippen molar-refractivity contribution in [3.63, 3.8) is 0 Å². The van der Waals surface area contributed by atoms with Gasteiger partial charge in [-0.05, 0) is 12.1 Å². The Hall–Kier alpha value is -0.791. The monoisotopic (exact) mass is 185 g/mol. The van der Waals surface area contributed by atoms with Crippen molar-refractivity contribution in [3.05, 3.63) is 40.6 Å². The molecule has 1 aromatic carbocycles. The maximum Gasteiger partial charge on any atom is 1.00 e. The maximum absolute atomic E-state index is 10.6. The van der Waals surface area contributed by atoms with Crippen LogP contribution < -0.4 is 5.43 Å². The van der Waals surface area contributed by atoms with Crippen molar-refractivity contribution in [2.24, 2.45) is 0 Å². The fourth-order valence-corrected chi connectivity index (χ4v) is 0.521. The minimum Gasteiger partial charge on any atom is -0.504 e. The average Bonchev–Trinajstić information content (AvgIpc) is 1.99. The first kappa shape index (κ1) is 9.21. The third kappa shape index (κ3) is 2.21. The van der Waals surface area contributed by atoms with E-state index in [1.165, 1.54) is 12.1 Å². The Balaban J connectivity index is 0.000000810. The Labute approximate surface area is 69.0 Å². The standard InChI is InChI=1S/C7H6O2.Cu/c8-6-4-2-1-3-5-7(6)9;/h1-5H,(H,8,9);/q;+1. The summed E-state index contributed by atoms with van der Waals surface area (Å²) in [6.07, 6.45) is 0. The Bertz CT molecular complexity index is 259. The zero-order chi connectivity index (χ0) is 6.69. The molecule has 56 valence electrons. The normalized spacial score (nSPS) is 8.00. The van der Waals surface area contributed by atoms with Gasteiger partial charge in [-0.2, -0.15) is 0 Å². The van der Waals surface area contributed by atoms with Crippen molar-refractivity contribution < 1.29 is 22.2 Å².